The van der Waals surface area contributed by atoms with Crippen LogP contribution in [-0.2, 0) is 42.5 Å². The number of phenols is 1. The Morgan fingerprint density at radius 1 is 0.915 bits per heavy atom. The number of aromatic hydroxyl groups is 1. The molecule has 5 N–H and O–H groups in total. The number of ether oxygens (including phenoxy) is 3. The zero-order valence-electron chi connectivity index (χ0n) is 29.8. The topological polar surface area (TPSA) is 281 Å². The van der Waals surface area contributed by atoms with Gasteiger partial charge in [0.25, 0.3) is 5.56 Å². The summed E-state index contributed by atoms with van der Waals surface area (Å²) in [6.45, 7) is -6.59. The first kappa shape index (κ1) is 40.9. The molecule has 3 aliphatic heterocycles. The van der Waals surface area contributed by atoms with Crippen molar-refractivity contribution in [2.24, 2.45) is 0 Å². The Bertz CT molecular complexity index is 2590. The quantitative estimate of drug-likeness (QED) is 0.104. The maximum Gasteiger partial charge on any atom is 0.472 e. The van der Waals surface area contributed by atoms with E-state index in [0.717, 1.165) is 29.5 Å². The molecular formula is C33H31F2N7O14P2S. The van der Waals surface area contributed by atoms with Crippen molar-refractivity contribution in [2.45, 2.75) is 55.0 Å². The summed E-state index contributed by atoms with van der Waals surface area (Å²) < 4.78 is 102. The molecule has 3 aliphatic rings. The number of halogens is 2. The number of hydrogen-bond acceptors (Lipinski definition) is 18. The molecule has 0 amide bonds. The number of hydrogen-bond donors (Lipinski definition) is 4. The van der Waals surface area contributed by atoms with Gasteiger partial charge in [0.2, 0.25) is 0 Å². The number of carbonyl (C=O) groups is 1. The first-order chi connectivity index (χ1) is 28.2. The van der Waals surface area contributed by atoms with Crippen LogP contribution in [-0.4, -0.2) is 95.0 Å². The Hall–Kier alpha value is -4.87. The second-order valence-electron chi connectivity index (χ2n) is 13.1. The monoisotopic (exact) mass is 881 g/mol. The van der Waals surface area contributed by atoms with Crippen LogP contribution >= 0.6 is 26.0 Å². The molecule has 10 atom stereocenters. The van der Waals surface area contributed by atoms with Crippen molar-refractivity contribution in [1.82, 2.24) is 29.1 Å². The minimum atomic E-state index is -5.27. The van der Waals surface area contributed by atoms with Gasteiger partial charge in [-0.05, 0) is 53.3 Å². The van der Waals surface area contributed by atoms with Crippen LogP contribution in [0.4, 0.5) is 14.6 Å². The molecular weight excluding hydrogens is 850 g/mol. The maximum atomic E-state index is 16.4. The molecule has 59 heavy (non-hydrogen) atoms. The molecule has 26 heteroatoms. The summed E-state index contributed by atoms with van der Waals surface area (Å²) in [5, 5.41) is 9.49. The van der Waals surface area contributed by atoms with Crippen molar-refractivity contribution in [1.29, 1.82) is 0 Å². The Morgan fingerprint density at radius 3 is 2.27 bits per heavy atom. The summed E-state index contributed by atoms with van der Waals surface area (Å²) in [6, 6.07) is 12.3. The lowest BCUT2D eigenvalue weighted by molar-refractivity contribution is -0.0648. The first-order valence-electron chi connectivity index (χ1n) is 17.3. The Labute approximate surface area is 333 Å². The van der Waals surface area contributed by atoms with Gasteiger partial charge >= 0.3 is 26.3 Å². The van der Waals surface area contributed by atoms with E-state index < -0.39 is 94.3 Å². The molecule has 5 aromatic rings. The van der Waals surface area contributed by atoms with Gasteiger partial charge in [0.05, 0.1) is 25.1 Å². The Kier molecular flexibility index (Phi) is 11.3. The minimum Gasteiger partial charge on any atom is -0.508 e. The molecule has 0 saturated carbocycles. The number of aromatic nitrogens is 6. The standard InChI is InChI=1S/C33H31F2N7O14P2S/c34-23-21-12-51-58(49,59-13-16-1-7-19(8-2-16)52-32(45)17-3-5-18(43)6-4-17)56-27-24(35)20(53-30(27)41-10-9-22(44)40-33(41)46)11-50-57(47,48)55-26(23)31(54-21)42-15-39-25-28(36)37-14-38-29(25)42/h1-10,14-15,20-21,23-24,26-27,30-31,43H,11-13H2,(H,47,48)(H2,36,37,38)(H,40,44,46)/t20-,21-,23-,24-,26-,27-,30-,31-,58-/m1/s1. The zero-order chi connectivity index (χ0) is 41.6. The third kappa shape index (κ3) is 8.59. The highest BCUT2D eigenvalue weighted by molar-refractivity contribution is 8.54. The second-order valence-corrected chi connectivity index (χ2v) is 18.6. The number of fused-ring (bicyclic) bond motifs is 5. The van der Waals surface area contributed by atoms with E-state index in [2.05, 4.69) is 15.0 Å². The van der Waals surface area contributed by atoms with Gasteiger partial charge < -0.3 is 29.9 Å². The van der Waals surface area contributed by atoms with Crippen molar-refractivity contribution in [2.75, 3.05) is 18.9 Å². The normalized spacial score (nSPS) is 31.2. The van der Waals surface area contributed by atoms with E-state index in [1.165, 1.54) is 53.1 Å². The molecule has 1 unspecified atom stereocenters. The number of imidazole rings is 1. The zero-order valence-corrected chi connectivity index (χ0v) is 32.4. The van der Waals surface area contributed by atoms with E-state index in [-0.39, 0.29) is 39.8 Å². The van der Waals surface area contributed by atoms with Crippen LogP contribution in [0, 0.1) is 0 Å². The summed E-state index contributed by atoms with van der Waals surface area (Å²) in [5.41, 5.74) is 4.83. The van der Waals surface area contributed by atoms with Crippen molar-refractivity contribution < 1.29 is 65.0 Å². The predicted octanol–water partition coefficient (Wildman–Crippen LogP) is 3.31. The average Bonchev–Trinajstić information content (AvgIpc) is 3.86. The summed E-state index contributed by atoms with van der Waals surface area (Å²) in [6.07, 6.45) is -12.0. The molecule has 21 nitrogen and oxygen atoms in total. The van der Waals surface area contributed by atoms with Gasteiger partial charge in [0.15, 0.2) is 36.3 Å². The fourth-order valence-electron chi connectivity index (χ4n) is 6.35. The molecule has 4 bridgehead atoms. The molecule has 0 radical (unpaired) electrons. The van der Waals surface area contributed by atoms with E-state index >= 15 is 8.78 Å². The summed E-state index contributed by atoms with van der Waals surface area (Å²) in [4.78, 5) is 62.1. The number of nitrogen functional groups attached to an aromatic ring is 1. The number of carbonyl (C=O) groups excluding carboxylic acids is 1. The van der Waals surface area contributed by atoms with Gasteiger partial charge in [-0.2, -0.15) is 0 Å². The van der Waals surface area contributed by atoms with Crippen LogP contribution in [0.15, 0.2) is 83.0 Å². The van der Waals surface area contributed by atoms with Crippen molar-refractivity contribution in [3.8, 4) is 11.5 Å². The maximum absolute atomic E-state index is 16.4. The number of nitrogens with one attached hydrogen (secondary N) is 1. The number of nitrogens with zero attached hydrogens (tertiary/aromatic N) is 5. The molecule has 312 valence electrons. The number of nitrogens with two attached hydrogens (primary N) is 1. The van der Waals surface area contributed by atoms with Crippen molar-refractivity contribution in [3.63, 3.8) is 0 Å². The smallest absolute Gasteiger partial charge is 0.472 e. The van der Waals surface area contributed by atoms with E-state index in [0.29, 0.717) is 16.9 Å². The molecule has 0 aliphatic carbocycles. The number of alkyl halides is 2. The van der Waals surface area contributed by atoms with Gasteiger partial charge in [0, 0.05) is 18.0 Å². The third-order valence-electron chi connectivity index (χ3n) is 9.25. The van der Waals surface area contributed by atoms with Crippen LogP contribution < -0.4 is 21.7 Å². The van der Waals surface area contributed by atoms with Crippen LogP contribution in [0.2, 0.25) is 0 Å². The van der Waals surface area contributed by atoms with Crippen molar-refractivity contribution >= 4 is 49.0 Å². The van der Waals surface area contributed by atoms with Crippen LogP contribution in [0.5, 0.6) is 11.5 Å². The van der Waals surface area contributed by atoms with Gasteiger partial charge in [-0.3, -0.25) is 37.0 Å². The Balaban J connectivity index is 1.09. The number of anilines is 1. The molecule has 8 rings (SSSR count). The average molecular weight is 882 g/mol. The van der Waals surface area contributed by atoms with Crippen molar-refractivity contribution in [3.05, 3.63) is 105 Å². The largest absolute Gasteiger partial charge is 0.508 e. The molecule has 2 aromatic carbocycles. The highest BCUT2D eigenvalue weighted by atomic mass is 32.7. The number of phenolic OH excluding ortho intramolecular Hbond substituents is 1. The number of rotatable bonds is 7. The van der Waals surface area contributed by atoms with Gasteiger partial charge in [-0.25, -0.2) is 42.5 Å². The van der Waals surface area contributed by atoms with Gasteiger partial charge in [-0.15, -0.1) is 0 Å². The van der Waals surface area contributed by atoms with Gasteiger partial charge in [-0.1, -0.05) is 12.1 Å². The summed E-state index contributed by atoms with van der Waals surface area (Å²) in [7, 11) is -5.27. The number of phosphoric acid groups is 1. The summed E-state index contributed by atoms with van der Waals surface area (Å²) >= 11 is 0.545. The first-order valence-corrected chi connectivity index (χ1v) is 22.0. The van der Waals surface area contributed by atoms with E-state index in [9.17, 15) is 33.5 Å². The van der Waals surface area contributed by atoms with Gasteiger partial charge in [0.1, 0.15) is 47.8 Å². The number of esters is 1. The fourth-order valence-corrected chi connectivity index (χ4v) is 10.6. The summed E-state index contributed by atoms with van der Waals surface area (Å²) in [5.74, 6) is -0.781. The lowest BCUT2D eigenvalue weighted by atomic mass is 10.1. The van der Waals surface area contributed by atoms with Crippen LogP contribution in [0.25, 0.3) is 11.2 Å². The second kappa shape index (κ2) is 16.3. The molecule has 0 spiro atoms. The highest BCUT2D eigenvalue weighted by Crippen LogP contribution is 2.65. The lowest BCUT2D eigenvalue weighted by Gasteiger charge is -2.27. The highest BCUT2D eigenvalue weighted by Gasteiger charge is 2.55. The van der Waals surface area contributed by atoms with E-state index in [1.54, 1.807) is 0 Å². The molecule has 6 heterocycles. The lowest BCUT2D eigenvalue weighted by Crippen LogP contribution is -2.38. The molecule has 3 fully saturated rings. The fraction of sp³-hybridized carbons (Fsp3) is 0.333. The van der Waals surface area contributed by atoms with E-state index in [1.807, 2.05) is 4.98 Å². The number of aromatic amines is 1. The van der Waals surface area contributed by atoms with Crippen LogP contribution in [0.3, 0.4) is 0 Å². The molecule has 3 aromatic heterocycles. The minimum absolute atomic E-state index is 0.0337. The number of H-pyrrole nitrogens is 1. The third-order valence-corrected chi connectivity index (χ3v) is 13.9. The SMILES string of the molecule is Nc1ncnc2c1ncn2[C@@H]1O[C@@H]2CO[P@@](=O)(SCc3ccc(OC(=O)c4ccc(O)cc4)cc3)O[C@@H]3[C@H](F)[C@@H](COP(=O)(O)O[C@@H]1[C@@H]2F)O[C@H]3n1ccc(=O)[nH]c1=O. The molecule has 3 saturated heterocycles. The number of phosphoric ester groups is 1. The van der Waals surface area contributed by atoms with Crippen LogP contribution in [0.1, 0.15) is 28.4 Å². The van der Waals surface area contributed by atoms with E-state index in [4.69, 9.17) is 38.0 Å². The Morgan fingerprint density at radius 2 is 1.58 bits per heavy atom. The number of benzene rings is 2. The predicted molar refractivity (Wildman–Crippen MR) is 199 cm³/mol.